The van der Waals surface area contributed by atoms with Gasteiger partial charge in [-0.3, -0.25) is 0 Å². The van der Waals surface area contributed by atoms with Crippen molar-refractivity contribution in [2.45, 2.75) is 24.5 Å². The first-order valence-corrected chi connectivity index (χ1v) is 8.55. The summed E-state index contributed by atoms with van der Waals surface area (Å²) in [6.07, 6.45) is 1.20. The van der Waals surface area contributed by atoms with Crippen LogP contribution in [0.1, 0.15) is 24.1 Å². The minimum atomic E-state index is -3.16. The van der Waals surface area contributed by atoms with Gasteiger partial charge < -0.3 is 10.4 Å². The number of nitrogens with one attached hydrogen (secondary N) is 1. The summed E-state index contributed by atoms with van der Waals surface area (Å²) in [4.78, 5) is 0.320. The summed E-state index contributed by atoms with van der Waals surface area (Å²) in [6, 6.07) is 14.5. The average Bonchev–Trinajstić information content (AvgIpc) is 2.46. The molecule has 0 aliphatic rings. The van der Waals surface area contributed by atoms with Crippen LogP contribution in [0.3, 0.4) is 0 Å². The van der Waals surface area contributed by atoms with Gasteiger partial charge in [-0.25, -0.2) is 8.42 Å². The lowest BCUT2D eigenvalue weighted by atomic mass is 10.1. The lowest BCUT2D eigenvalue weighted by Crippen LogP contribution is -2.07. The highest BCUT2D eigenvalue weighted by molar-refractivity contribution is 7.90. The molecule has 0 aliphatic carbocycles. The van der Waals surface area contributed by atoms with E-state index >= 15 is 0 Å². The smallest absolute Gasteiger partial charge is 0.175 e. The molecule has 5 heteroatoms. The van der Waals surface area contributed by atoms with E-state index < -0.39 is 9.84 Å². The molecule has 0 radical (unpaired) electrons. The Morgan fingerprint density at radius 3 is 2.38 bits per heavy atom. The van der Waals surface area contributed by atoms with Crippen molar-refractivity contribution < 1.29 is 13.5 Å². The predicted molar refractivity (Wildman–Crippen MR) is 84.0 cm³/mol. The summed E-state index contributed by atoms with van der Waals surface area (Å²) in [5.41, 5.74) is 2.76. The van der Waals surface area contributed by atoms with Gasteiger partial charge in [0.2, 0.25) is 0 Å². The highest BCUT2D eigenvalue weighted by atomic mass is 32.2. The second-order valence-corrected chi connectivity index (χ2v) is 7.08. The first kappa shape index (κ1) is 15.5. The molecule has 0 amide bonds. The molecule has 0 saturated carbocycles. The quantitative estimate of drug-likeness (QED) is 0.891. The topological polar surface area (TPSA) is 66.4 Å². The van der Waals surface area contributed by atoms with Crippen LogP contribution in [0.25, 0.3) is 0 Å². The Morgan fingerprint density at radius 1 is 1.14 bits per heavy atom. The number of sulfone groups is 1. The van der Waals surface area contributed by atoms with Crippen LogP contribution in [0.2, 0.25) is 0 Å². The van der Waals surface area contributed by atoms with Crippen LogP contribution in [0, 0.1) is 0 Å². The van der Waals surface area contributed by atoms with Crippen molar-refractivity contribution in [3.05, 3.63) is 59.7 Å². The second kappa shape index (κ2) is 6.28. The van der Waals surface area contributed by atoms with Crippen molar-refractivity contribution in [2.24, 2.45) is 0 Å². The predicted octanol–water partition coefficient (Wildman–Crippen LogP) is 2.76. The largest absolute Gasteiger partial charge is 0.392 e. The summed E-state index contributed by atoms with van der Waals surface area (Å²) in [5.74, 6) is 0. The van der Waals surface area contributed by atoms with Crippen LogP contribution < -0.4 is 5.32 Å². The van der Waals surface area contributed by atoms with Gasteiger partial charge in [-0.05, 0) is 42.3 Å². The SMILES string of the molecule is CC(Nc1cccc(CO)c1)c1ccc(S(C)(=O)=O)cc1. The normalized spacial score (nSPS) is 12.9. The third-order valence-corrected chi connectivity index (χ3v) is 4.43. The molecule has 0 spiro atoms. The molecule has 2 rings (SSSR count). The van der Waals surface area contributed by atoms with Crippen LogP contribution >= 0.6 is 0 Å². The van der Waals surface area contributed by atoms with Gasteiger partial charge in [0.05, 0.1) is 11.5 Å². The van der Waals surface area contributed by atoms with Gasteiger partial charge in [0, 0.05) is 18.0 Å². The van der Waals surface area contributed by atoms with Crippen molar-refractivity contribution in [3.63, 3.8) is 0 Å². The third-order valence-electron chi connectivity index (χ3n) is 3.30. The van der Waals surface area contributed by atoms with Crippen LogP contribution in [0.15, 0.2) is 53.4 Å². The van der Waals surface area contributed by atoms with Gasteiger partial charge in [-0.1, -0.05) is 24.3 Å². The lowest BCUT2D eigenvalue weighted by Gasteiger charge is -2.16. The van der Waals surface area contributed by atoms with Crippen molar-refractivity contribution in [1.29, 1.82) is 0 Å². The molecule has 0 fully saturated rings. The molecule has 0 aromatic heterocycles. The Bertz CT molecular complexity index is 709. The van der Waals surface area contributed by atoms with Gasteiger partial charge in [-0.2, -0.15) is 0 Å². The van der Waals surface area contributed by atoms with E-state index in [1.54, 1.807) is 12.1 Å². The van der Waals surface area contributed by atoms with E-state index in [2.05, 4.69) is 5.32 Å². The van der Waals surface area contributed by atoms with Gasteiger partial charge >= 0.3 is 0 Å². The van der Waals surface area contributed by atoms with Crippen molar-refractivity contribution in [3.8, 4) is 0 Å². The fourth-order valence-electron chi connectivity index (χ4n) is 2.10. The number of hydrogen-bond acceptors (Lipinski definition) is 4. The standard InChI is InChI=1S/C16H19NO3S/c1-12(17-15-5-3-4-13(10-15)11-18)14-6-8-16(9-7-14)21(2,19)20/h3-10,12,17-18H,11H2,1-2H3. The summed E-state index contributed by atoms with van der Waals surface area (Å²) in [6.45, 7) is 2.01. The summed E-state index contributed by atoms with van der Waals surface area (Å²) < 4.78 is 22.9. The van der Waals surface area contributed by atoms with Crippen LogP contribution in [0.4, 0.5) is 5.69 Å². The number of anilines is 1. The first-order chi connectivity index (χ1) is 9.90. The van der Waals surface area contributed by atoms with Crippen molar-refractivity contribution in [2.75, 3.05) is 11.6 Å². The zero-order valence-electron chi connectivity index (χ0n) is 12.1. The van der Waals surface area contributed by atoms with E-state index in [0.29, 0.717) is 4.90 Å². The van der Waals surface area contributed by atoms with E-state index in [0.717, 1.165) is 16.8 Å². The Balaban J connectivity index is 2.14. The maximum absolute atomic E-state index is 11.4. The number of rotatable bonds is 5. The van der Waals surface area contributed by atoms with Crippen LogP contribution in [-0.2, 0) is 16.4 Å². The highest BCUT2D eigenvalue weighted by Gasteiger charge is 2.09. The first-order valence-electron chi connectivity index (χ1n) is 6.66. The number of benzene rings is 2. The van der Waals surface area contributed by atoms with Gasteiger partial charge in [0.1, 0.15) is 0 Å². The molecule has 21 heavy (non-hydrogen) atoms. The van der Waals surface area contributed by atoms with E-state index in [4.69, 9.17) is 5.11 Å². The van der Waals surface area contributed by atoms with Crippen molar-refractivity contribution >= 4 is 15.5 Å². The Hall–Kier alpha value is -1.85. The molecule has 2 aromatic carbocycles. The molecule has 112 valence electrons. The molecule has 2 aromatic rings. The molecule has 1 atom stereocenters. The minimum absolute atomic E-state index is 0.00690. The molecule has 1 unspecified atom stereocenters. The number of aliphatic hydroxyl groups is 1. The fraction of sp³-hybridized carbons (Fsp3) is 0.250. The molecule has 0 heterocycles. The maximum atomic E-state index is 11.4. The Kier molecular flexibility index (Phi) is 4.65. The Labute approximate surface area is 125 Å². The zero-order chi connectivity index (χ0) is 15.5. The maximum Gasteiger partial charge on any atom is 0.175 e. The molecule has 4 nitrogen and oxygen atoms in total. The molecule has 2 N–H and O–H groups in total. The van der Waals surface area contributed by atoms with Gasteiger partial charge in [0.15, 0.2) is 9.84 Å². The summed E-state index contributed by atoms with van der Waals surface area (Å²) in [5, 5.41) is 12.5. The third kappa shape index (κ3) is 4.06. The van der Waals surface area contributed by atoms with Gasteiger partial charge in [0.25, 0.3) is 0 Å². The molecular weight excluding hydrogens is 286 g/mol. The molecular formula is C16H19NO3S. The number of hydrogen-bond donors (Lipinski definition) is 2. The Morgan fingerprint density at radius 2 is 1.81 bits per heavy atom. The zero-order valence-corrected chi connectivity index (χ0v) is 12.9. The van der Waals surface area contributed by atoms with E-state index in [1.807, 2.05) is 43.3 Å². The summed E-state index contributed by atoms with van der Waals surface area (Å²) >= 11 is 0. The average molecular weight is 305 g/mol. The van der Waals surface area contributed by atoms with Crippen molar-refractivity contribution in [1.82, 2.24) is 0 Å². The molecule has 0 bridgehead atoms. The van der Waals surface area contributed by atoms with E-state index in [-0.39, 0.29) is 12.6 Å². The second-order valence-electron chi connectivity index (χ2n) is 5.07. The lowest BCUT2D eigenvalue weighted by molar-refractivity contribution is 0.282. The van der Waals surface area contributed by atoms with E-state index in [9.17, 15) is 8.42 Å². The monoisotopic (exact) mass is 305 g/mol. The highest BCUT2D eigenvalue weighted by Crippen LogP contribution is 2.21. The summed E-state index contributed by atoms with van der Waals surface area (Å²) in [7, 11) is -3.16. The van der Waals surface area contributed by atoms with Crippen LogP contribution in [-0.4, -0.2) is 19.8 Å². The van der Waals surface area contributed by atoms with Crippen LogP contribution in [0.5, 0.6) is 0 Å². The molecule has 0 aliphatic heterocycles. The minimum Gasteiger partial charge on any atom is -0.392 e. The molecule has 0 saturated heterocycles. The fourth-order valence-corrected chi connectivity index (χ4v) is 2.73. The number of aliphatic hydroxyl groups excluding tert-OH is 1. The van der Waals surface area contributed by atoms with E-state index in [1.165, 1.54) is 6.26 Å². The van der Waals surface area contributed by atoms with Gasteiger partial charge in [-0.15, -0.1) is 0 Å².